The third-order valence-corrected chi connectivity index (χ3v) is 11.8. The maximum absolute atomic E-state index is 3.79. The van der Waals surface area contributed by atoms with Crippen molar-refractivity contribution in [1.29, 1.82) is 0 Å². The molecule has 10 N–H and O–H groups in total. The maximum atomic E-state index is 3.79. The van der Waals surface area contributed by atoms with Gasteiger partial charge >= 0.3 is 0 Å². The Morgan fingerprint density at radius 1 is 0.183 bits per heavy atom. The molecule has 12 bridgehead atoms. The molecule has 0 fully saturated rings. The average molecular weight is 815 g/mol. The molecule has 0 amide bonds. The summed E-state index contributed by atoms with van der Waals surface area (Å²) in [5, 5.41) is 37.5. The van der Waals surface area contributed by atoms with E-state index in [4.69, 9.17) is 0 Å². The van der Waals surface area contributed by atoms with Crippen molar-refractivity contribution in [1.82, 2.24) is 53.2 Å². The summed E-state index contributed by atoms with van der Waals surface area (Å²) in [7, 11) is 0. The van der Waals surface area contributed by atoms with Crippen LogP contribution in [0.15, 0.2) is 72.8 Å². The van der Waals surface area contributed by atoms with Crippen LogP contribution in [0.5, 0.6) is 0 Å². The Morgan fingerprint density at radius 2 is 0.350 bits per heavy atom. The molecule has 4 aliphatic heterocycles. The minimum atomic E-state index is 0.856. The molecule has 0 spiro atoms. The van der Waals surface area contributed by atoms with Crippen molar-refractivity contribution in [2.45, 2.75) is 104 Å². The lowest BCUT2D eigenvalue weighted by Gasteiger charge is -2.14. The Hall–Kier alpha value is -3.52. The van der Waals surface area contributed by atoms with Crippen LogP contribution in [0.2, 0.25) is 0 Å². The molecule has 0 atom stereocenters. The molecule has 0 radical (unpaired) electrons. The third-order valence-electron chi connectivity index (χ3n) is 11.8. The number of fused-ring (bicyclic) bond motifs is 30. The highest BCUT2D eigenvalue weighted by atomic mass is 15.0. The van der Waals surface area contributed by atoms with Gasteiger partial charge in [0.2, 0.25) is 0 Å². The van der Waals surface area contributed by atoms with E-state index in [0.717, 1.165) is 144 Å². The molecule has 0 saturated carbocycles. The van der Waals surface area contributed by atoms with E-state index in [1.54, 1.807) is 0 Å². The normalized spacial score (nSPS) is 19.6. The van der Waals surface area contributed by atoms with Crippen molar-refractivity contribution < 1.29 is 0 Å². The molecule has 324 valence electrons. The summed E-state index contributed by atoms with van der Waals surface area (Å²) in [5.74, 6) is 0. The first-order chi connectivity index (χ1) is 29.7. The molecule has 0 unspecified atom stereocenters. The van der Waals surface area contributed by atoms with Crippen molar-refractivity contribution in [3.63, 3.8) is 0 Å². The molecule has 0 saturated heterocycles. The largest absolute Gasteiger partial charge is 0.313 e. The molecular formula is C50H74N10. The van der Waals surface area contributed by atoms with E-state index in [2.05, 4.69) is 126 Å². The summed E-state index contributed by atoms with van der Waals surface area (Å²) < 4.78 is 0. The second-order valence-corrected chi connectivity index (χ2v) is 17.3. The smallest absolute Gasteiger partial charge is 0.0206 e. The second-order valence-electron chi connectivity index (χ2n) is 17.3. The first kappa shape index (κ1) is 44.5. The molecular weight excluding hydrogens is 741 g/mol. The van der Waals surface area contributed by atoms with Gasteiger partial charge in [0.05, 0.1) is 0 Å². The van der Waals surface area contributed by atoms with E-state index in [1.165, 1.54) is 92.4 Å². The van der Waals surface area contributed by atoms with Gasteiger partial charge in [0.25, 0.3) is 0 Å². The van der Waals surface area contributed by atoms with E-state index in [0.29, 0.717) is 0 Å². The molecule has 10 nitrogen and oxygen atoms in total. The molecule has 0 aliphatic carbocycles. The zero-order valence-electron chi connectivity index (χ0n) is 36.3. The standard InChI is InChI=1S/C50H74N10/c1-3-7-51-29-42-20-44-24-46(22-42)34-57-13-15-59-37-49-26-48-27-50(28-49)38-60-16-14-58-35-47-23-43(21-45(25-47)33-56-12-11-55-32-44)30-52-8-4-2-6-40-17-39(5-1)18-41(19-40)31-53-9-10-54-36-48/h17-28,51-60H,1-16,29-38H2. The Balaban J connectivity index is 1.17. The van der Waals surface area contributed by atoms with Crippen molar-refractivity contribution in [3.8, 4) is 0 Å². The van der Waals surface area contributed by atoms with Crippen molar-refractivity contribution in [3.05, 3.63) is 140 Å². The Morgan fingerprint density at radius 3 is 0.567 bits per heavy atom. The number of nitrogens with one attached hydrogen (secondary N) is 10. The minimum absolute atomic E-state index is 0.856. The van der Waals surface area contributed by atoms with Crippen LogP contribution in [0.25, 0.3) is 0 Å². The number of aryl methyl sites for hydroxylation is 2. The monoisotopic (exact) mass is 815 g/mol. The highest BCUT2D eigenvalue weighted by Gasteiger charge is 2.09. The molecule has 60 heavy (non-hydrogen) atoms. The fourth-order valence-corrected chi connectivity index (χ4v) is 8.86. The van der Waals surface area contributed by atoms with Crippen molar-refractivity contribution in [2.24, 2.45) is 0 Å². The highest BCUT2D eigenvalue weighted by Crippen LogP contribution is 2.17. The van der Waals surface area contributed by atoms with Crippen LogP contribution in [-0.2, 0) is 78.3 Å². The van der Waals surface area contributed by atoms with Crippen molar-refractivity contribution in [2.75, 3.05) is 65.4 Å². The van der Waals surface area contributed by atoms with Gasteiger partial charge in [-0.1, -0.05) is 72.8 Å². The highest BCUT2D eigenvalue weighted by molar-refractivity contribution is 5.33. The Bertz CT molecular complexity index is 1350. The van der Waals surface area contributed by atoms with Gasteiger partial charge in [-0.25, -0.2) is 0 Å². The van der Waals surface area contributed by atoms with E-state index >= 15 is 0 Å². The van der Waals surface area contributed by atoms with E-state index < -0.39 is 0 Å². The lowest BCUT2D eigenvalue weighted by Crippen LogP contribution is -2.28. The average Bonchev–Trinajstić information content (AvgIpc) is 3.24. The van der Waals surface area contributed by atoms with Crippen LogP contribution >= 0.6 is 0 Å². The number of hydrogen-bond donors (Lipinski definition) is 10. The molecule has 4 aromatic rings. The molecule has 8 rings (SSSR count). The molecule has 4 aliphatic rings. The summed E-state index contributed by atoms with van der Waals surface area (Å²) in [5.41, 5.74) is 16.5. The first-order valence-corrected chi connectivity index (χ1v) is 23.2. The number of benzene rings is 4. The third kappa shape index (κ3) is 16.1. The van der Waals surface area contributed by atoms with Gasteiger partial charge in [-0.05, 0) is 118 Å². The zero-order chi connectivity index (χ0) is 40.9. The lowest BCUT2D eigenvalue weighted by atomic mass is 9.98. The molecule has 10 heteroatoms. The van der Waals surface area contributed by atoms with Gasteiger partial charge in [-0.3, -0.25) is 0 Å². The number of hydrogen-bond acceptors (Lipinski definition) is 10. The SMILES string of the molecule is c1c2cc3cc1CCCCNCc1cc4cc(c1)CNCCNCc1cc(cc(c1)CNCCNCc1cc(cc(c1)CNCCNC4)CNCCCC2)CNCCNC3. The topological polar surface area (TPSA) is 120 Å². The summed E-state index contributed by atoms with van der Waals surface area (Å²) >= 11 is 0. The predicted octanol–water partition coefficient (Wildman–Crippen LogP) is 4.37. The van der Waals surface area contributed by atoms with Gasteiger partial charge in [-0.15, -0.1) is 0 Å². The van der Waals surface area contributed by atoms with E-state index in [9.17, 15) is 0 Å². The summed E-state index contributed by atoms with van der Waals surface area (Å²) in [4.78, 5) is 0. The van der Waals surface area contributed by atoms with Gasteiger partial charge in [0.15, 0.2) is 0 Å². The van der Waals surface area contributed by atoms with Crippen molar-refractivity contribution >= 4 is 0 Å². The Kier molecular flexibility index (Phi) is 18.9. The van der Waals surface area contributed by atoms with Crippen LogP contribution < -0.4 is 53.2 Å². The summed E-state index contributed by atoms with van der Waals surface area (Å²) in [6, 6.07) is 28.9. The Labute approximate surface area is 361 Å². The first-order valence-electron chi connectivity index (χ1n) is 23.2. The maximum Gasteiger partial charge on any atom is 0.0206 e. The molecule has 4 heterocycles. The van der Waals surface area contributed by atoms with Crippen LogP contribution in [-0.4, -0.2) is 65.4 Å². The van der Waals surface area contributed by atoms with Gasteiger partial charge in [0.1, 0.15) is 0 Å². The minimum Gasteiger partial charge on any atom is -0.313 e. The van der Waals surface area contributed by atoms with E-state index in [-0.39, 0.29) is 0 Å². The van der Waals surface area contributed by atoms with Crippen LogP contribution in [0.1, 0.15) is 92.4 Å². The second kappa shape index (κ2) is 25.4. The van der Waals surface area contributed by atoms with E-state index in [1.807, 2.05) is 0 Å². The van der Waals surface area contributed by atoms with Crippen LogP contribution in [0.3, 0.4) is 0 Å². The zero-order valence-corrected chi connectivity index (χ0v) is 36.3. The van der Waals surface area contributed by atoms with Crippen LogP contribution in [0.4, 0.5) is 0 Å². The quantitative estimate of drug-likeness (QED) is 0.126. The molecule has 0 aromatic heterocycles. The number of rotatable bonds is 0. The predicted molar refractivity (Wildman–Crippen MR) is 249 cm³/mol. The summed E-state index contributed by atoms with van der Waals surface area (Å²) in [6.07, 6.45) is 6.98. The van der Waals surface area contributed by atoms with Crippen LogP contribution in [0, 0.1) is 0 Å². The summed E-state index contributed by atoms with van der Waals surface area (Å²) in [6.45, 7) is 18.2. The fourth-order valence-electron chi connectivity index (χ4n) is 8.86. The van der Waals surface area contributed by atoms with Gasteiger partial charge < -0.3 is 53.2 Å². The molecule has 4 aromatic carbocycles. The fraction of sp³-hybridized carbons (Fsp3) is 0.520. The van der Waals surface area contributed by atoms with Gasteiger partial charge in [-0.2, -0.15) is 0 Å². The van der Waals surface area contributed by atoms with Gasteiger partial charge in [0, 0.05) is 118 Å². The lowest BCUT2D eigenvalue weighted by molar-refractivity contribution is 0.600.